The van der Waals surface area contributed by atoms with E-state index in [0.717, 1.165) is 0 Å². The molecule has 0 aromatic heterocycles. The molecule has 0 atom stereocenters. The largest absolute Gasteiger partial charge is 0.318 e. The maximum absolute atomic E-state index is 6.95. The van der Waals surface area contributed by atoms with E-state index in [0.29, 0.717) is 13.1 Å². The van der Waals surface area contributed by atoms with E-state index in [2.05, 4.69) is 5.32 Å². The van der Waals surface area contributed by atoms with E-state index in [1.54, 1.807) is 14.1 Å². The Bertz CT molecular complexity index is 91.4. The maximum atomic E-state index is 6.95. The van der Waals surface area contributed by atoms with Crippen molar-refractivity contribution in [3.05, 3.63) is 0 Å². The molecule has 0 unspecified atom stereocenters. The van der Waals surface area contributed by atoms with Gasteiger partial charge in [-0.15, -0.1) is 0 Å². The van der Waals surface area contributed by atoms with Crippen LogP contribution in [-0.2, 0) is 0 Å². The molecule has 44 valence electrons. The van der Waals surface area contributed by atoms with Gasteiger partial charge < -0.3 is 10.2 Å². The SMILES string of the molecule is [2H]C([2H])([2H])N(C)CCNC. The third-order valence-electron chi connectivity index (χ3n) is 0.697. The molecule has 0 radical (unpaired) electrons. The van der Waals surface area contributed by atoms with Crippen LogP contribution < -0.4 is 5.32 Å². The first-order valence-electron chi connectivity index (χ1n) is 3.84. The third-order valence-corrected chi connectivity index (χ3v) is 0.697. The lowest BCUT2D eigenvalue weighted by atomic mass is 10.6. The minimum Gasteiger partial charge on any atom is -0.318 e. The third kappa shape index (κ3) is 5.92. The topological polar surface area (TPSA) is 15.3 Å². The van der Waals surface area contributed by atoms with Crippen LogP contribution in [0.4, 0.5) is 0 Å². The molecule has 2 heteroatoms. The average Bonchev–Trinajstić information content (AvgIpc) is 1.80. The Labute approximate surface area is 49.7 Å². The first kappa shape index (κ1) is 3.05. The summed E-state index contributed by atoms with van der Waals surface area (Å²) in [4.78, 5) is 1.34. The molecule has 0 aromatic carbocycles. The number of nitrogens with zero attached hydrogens (tertiary/aromatic N) is 1. The number of rotatable bonds is 3. The summed E-state index contributed by atoms with van der Waals surface area (Å²) in [5.41, 5.74) is 0. The van der Waals surface area contributed by atoms with Gasteiger partial charge in [0.1, 0.15) is 0 Å². The number of hydrogen-bond acceptors (Lipinski definition) is 2. The monoisotopic (exact) mass is 105 g/mol. The second-order valence-corrected chi connectivity index (χ2v) is 1.53. The van der Waals surface area contributed by atoms with Crippen molar-refractivity contribution in [1.82, 2.24) is 10.2 Å². The van der Waals surface area contributed by atoms with Gasteiger partial charge in [0.25, 0.3) is 0 Å². The molecule has 0 bridgehead atoms. The molecule has 0 aliphatic heterocycles. The van der Waals surface area contributed by atoms with Crippen molar-refractivity contribution in [2.75, 3.05) is 34.2 Å². The quantitative estimate of drug-likeness (QED) is 0.533. The van der Waals surface area contributed by atoms with E-state index in [4.69, 9.17) is 4.11 Å². The zero-order valence-corrected chi connectivity index (χ0v) is 4.86. The van der Waals surface area contributed by atoms with Crippen LogP contribution in [0.25, 0.3) is 0 Å². The van der Waals surface area contributed by atoms with Gasteiger partial charge in [-0.25, -0.2) is 0 Å². The zero-order valence-electron chi connectivity index (χ0n) is 7.86. The summed E-state index contributed by atoms with van der Waals surface area (Å²) in [5.74, 6) is 0. The van der Waals surface area contributed by atoms with Gasteiger partial charge in [-0.2, -0.15) is 0 Å². The summed E-state index contributed by atoms with van der Waals surface area (Å²) >= 11 is 0. The number of nitrogens with one attached hydrogen (secondary N) is 1. The van der Waals surface area contributed by atoms with Crippen molar-refractivity contribution < 1.29 is 4.11 Å². The molecule has 0 aromatic rings. The second-order valence-electron chi connectivity index (χ2n) is 1.53. The van der Waals surface area contributed by atoms with Crippen molar-refractivity contribution in [3.63, 3.8) is 0 Å². The minimum absolute atomic E-state index is 0.549. The highest BCUT2D eigenvalue weighted by Crippen LogP contribution is 1.66. The van der Waals surface area contributed by atoms with E-state index in [9.17, 15) is 0 Å². The predicted molar refractivity (Wildman–Crippen MR) is 32.5 cm³/mol. The first-order valence-corrected chi connectivity index (χ1v) is 2.34. The van der Waals surface area contributed by atoms with Crippen molar-refractivity contribution >= 4 is 0 Å². The van der Waals surface area contributed by atoms with Crippen LogP contribution in [0, 0.1) is 0 Å². The molecule has 1 N–H and O–H groups in total. The van der Waals surface area contributed by atoms with Crippen LogP contribution >= 0.6 is 0 Å². The summed E-state index contributed by atoms with van der Waals surface area (Å²) < 4.78 is 20.8. The lowest BCUT2D eigenvalue weighted by Crippen LogP contribution is -2.23. The van der Waals surface area contributed by atoms with Crippen LogP contribution in [-0.4, -0.2) is 39.1 Å². The van der Waals surface area contributed by atoms with Crippen molar-refractivity contribution in [1.29, 1.82) is 0 Å². The fourth-order valence-electron chi connectivity index (χ4n) is 0.280. The normalized spacial score (nSPS) is 18.4. The second kappa shape index (κ2) is 4.09. The Morgan fingerprint density at radius 1 is 1.86 bits per heavy atom. The Morgan fingerprint density at radius 3 is 3.00 bits per heavy atom. The molecule has 0 saturated carbocycles. The fraction of sp³-hybridized carbons (Fsp3) is 1.00. The van der Waals surface area contributed by atoms with Gasteiger partial charge in [0.2, 0.25) is 0 Å². The smallest absolute Gasteiger partial charge is 0.0394 e. The molecular weight excluding hydrogens is 88.1 g/mol. The number of hydrogen-bond donors (Lipinski definition) is 1. The Hall–Kier alpha value is -0.0800. The van der Waals surface area contributed by atoms with Gasteiger partial charge in [0, 0.05) is 17.2 Å². The van der Waals surface area contributed by atoms with Crippen LogP contribution in [0.2, 0.25) is 0 Å². The van der Waals surface area contributed by atoms with E-state index >= 15 is 0 Å². The minimum atomic E-state index is -1.95. The molecule has 0 aliphatic rings. The van der Waals surface area contributed by atoms with E-state index in [1.165, 1.54) is 4.90 Å². The molecule has 0 spiro atoms. The highest BCUT2D eigenvalue weighted by molar-refractivity contribution is 4.42. The van der Waals surface area contributed by atoms with Crippen molar-refractivity contribution in [3.8, 4) is 0 Å². The van der Waals surface area contributed by atoms with Gasteiger partial charge >= 0.3 is 0 Å². The molecule has 2 nitrogen and oxygen atoms in total. The Balaban J connectivity index is 3.52. The molecule has 0 amide bonds. The average molecular weight is 105 g/mol. The molecule has 0 saturated heterocycles. The molecule has 0 heterocycles. The highest BCUT2D eigenvalue weighted by atomic mass is 15.1. The lowest BCUT2D eigenvalue weighted by Gasteiger charge is -2.06. The standard InChI is InChI=1S/C5H14N2/c1-6-4-5-7(2)3/h6H,4-5H2,1-3H3/i2D3. The van der Waals surface area contributed by atoms with Crippen LogP contribution in [0.1, 0.15) is 4.11 Å². The molecule has 0 rings (SSSR count). The Kier molecular flexibility index (Phi) is 1.78. The summed E-state index contributed by atoms with van der Waals surface area (Å²) in [5, 5.41) is 2.88. The summed E-state index contributed by atoms with van der Waals surface area (Å²) in [6, 6.07) is 0. The Morgan fingerprint density at radius 2 is 2.57 bits per heavy atom. The lowest BCUT2D eigenvalue weighted by molar-refractivity contribution is 0.407. The molecular formula is C5H14N2. The summed E-state index contributed by atoms with van der Waals surface area (Å²) in [6.45, 7) is -0.696. The maximum Gasteiger partial charge on any atom is 0.0394 e. The first-order chi connectivity index (χ1) is 4.48. The number of likely N-dealkylation sites (N-methyl/N-ethyl adjacent to an activating group) is 2. The highest BCUT2D eigenvalue weighted by Gasteiger charge is 1.82. The van der Waals surface area contributed by atoms with Crippen LogP contribution in [0.3, 0.4) is 0 Å². The molecule has 0 aliphatic carbocycles. The molecule has 0 fully saturated rings. The predicted octanol–water partition coefficient (Wildman–Crippen LogP) is -0.233. The van der Waals surface area contributed by atoms with Crippen molar-refractivity contribution in [2.24, 2.45) is 0 Å². The van der Waals surface area contributed by atoms with Gasteiger partial charge in [-0.3, -0.25) is 0 Å². The van der Waals surface area contributed by atoms with E-state index in [1.807, 2.05) is 0 Å². The fourth-order valence-corrected chi connectivity index (χ4v) is 0.280. The molecule has 7 heavy (non-hydrogen) atoms. The zero-order chi connectivity index (χ0) is 8.20. The van der Waals surface area contributed by atoms with Gasteiger partial charge in [0.15, 0.2) is 0 Å². The van der Waals surface area contributed by atoms with Gasteiger partial charge in [-0.05, 0) is 21.1 Å². The van der Waals surface area contributed by atoms with Gasteiger partial charge in [0.05, 0.1) is 0 Å². The summed E-state index contributed by atoms with van der Waals surface area (Å²) in [7, 11) is 3.39. The van der Waals surface area contributed by atoms with Crippen LogP contribution in [0.5, 0.6) is 0 Å². The van der Waals surface area contributed by atoms with E-state index in [-0.39, 0.29) is 0 Å². The van der Waals surface area contributed by atoms with Crippen molar-refractivity contribution in [2.45, 2.75) is 0 Å². The summed E-state index contributed by atoms with van der Waals surface area (Å²) in [6.07, 6.45) is 0. The van der Waals surface area contributed by atoms with E-state index < -0.39 is 6.98 Å². The van der Waals surface area contributed by atoms with Gasteiger partial charge in [-0.1, -0.05) is 0 Å². The van der Waals surface area contributed by atoms with Crippen LogP contribution in [0.15, 0.2) is 0 Å².